The smallest absolute Gasteiger partial charge is 0.143 e. The zero-order valence-corrected chi connectivity index (χ0v) is 46.7. The lowest BCUT2D eigenvalue weighted by atomic mass is 9.66. The molecule has 10 aromatic rings. The van der Waals surface area contributed by atoms with Gasteiger partial charge in [0.05, 0.1) is 0 Å². The zero-order chi connectivity index (χ0) is 53.3. The minimum Gasteiger partial charge on any atom is -0.484 e. The molecule has 0 saturated heterocycles. The number of furan rings is 1. The van der Waals surface area contributed by atoms with E-state index in [0.29, 0.717) is 0 Å². The van der Waals surface area contributed by atoms with Gasteiger partial charge in [0.1, 0.15) is 23.0 Å². The molecule has 16 rings (SSSR count). The number of fused-ring (bicyclic) bond motifs is 20. The van der Waals surface area contributed by atoms with E-state index in [9.17, 15) is 0 Å². The first kappa shape index (κ1) is 46.2. The molecule has 0 radical (unpaired) electrons. The Morgan fingerprint density at radius 2 is 1.06 bits per heavy atom. The van der Waals surface area contributed by atoms with Crippen molar-refractivity contribution in [1.29, 1.82) is 0 Å². The van der Waals surface area contributed by atoms with Crippen molar-refractivity contribution in [3.05, 3.63) is 264 Å². The molecule has 0 fully saturated rings. The fraction of sp³-hybridized carbons (Fsp3) is 0.237. The number of aryl methyl sites for hydroxylation is 3. The first-order chi connectivity index (χ1) is 37.5. The van der Waals surface area contributed by atoms with Gasteiger partial charge in [-0.25, -0.2) is 0 Å². The van der Waals surface area contributed by atoms with Crippen molar-refractivity contribution in [3.63, 3.8) is 0 Å². The van der Waals surface area contributed by atoms with Crippen LogP contribution in [0.3, 0.4) is 0 Å². The Balaban J connectivity index is 0.948. The molecule has 3 atom stereocenters. The van der Waals surface area contributed by atoms with Gasteiger partial charge in [-0.2, -0.15) is 0 Å². The van der Waals surface area contributed by atoms with Gasteiger partial charge in [0.25, 0.3) is 0 Å². The highest BCUT2D eigenvalue weighted by atomic mass is 16.5. The Morgan fingerprint density at radius 3 is 1.83 bits per heavy atom. The Labute approximate surface area is 459 Å². The number of benzene rings is 9. The van der Waals surface area contributed by atoms with Gasteiger partial charge in [0.2, 0.25) is 0 Å². The second-order valence-corrected chi connectivity index (χ2v) is 26.0. The average Bonchev–Trinajstić information content (AvgIpc) is 4.40. The standard InChI is InChI=1S/C76H64O2/c1-40-35-41(2)61(42(3)36-40)52-39-58-64(66-49-23-14-18-29-59(49)77-71(52)66)47-33-31-43(37-56(47)74(58,6)7)62(51-25-20-28-55-63(51)45-21-12-16-26-53(45)73(55,4)5)44-32-34-48-57(38-44)76(10,11)69-65(48)67-50-24-15-19-30-60(50)78-72(67)68-46-22-13-17-27-54(46)75(8,9)70(68)69/h12-39,62,68,72H,1-11H3. The predicted octanol–water partition coefficient (Wildman–Crippen LogP) is 19.3. The third kappa shape index (κ3) is 5.68. The zero-order valence-electron chi connectivity index (χ0n) is 46.7. The lowest BCUT2D eigenvalue weighted by Crippen LogP contribution is -2.33. The maximum atomic E-state index is 7.20. The van der Waals surface area contributed by atoms with Gasteiger partial charge in [-0.3, -0.25) is 0 Å². The van der Waals surface area contributed by atoms with Crippen molar-refractivity contribution >= 4 is 33.1 Å². The van der Waals surface area contributed by atoms with Crippen molar-refractivity contribution in [2.24, 2.45) is 0 Å². The van der Waals surface area contributed by atoms with Gasteiger partial charge in [0.15, 0.2) is 0 Å². The van der Waals surface area contributed by atoms with E-state index in [4.69, 9.17) is 9.15 Å². The van der Waals surface area contributed by atoms with E-state index in [1.165, 1.54) is 150 Å². The maximum Gasteiger partial charge on any atom is 0.143 e. The third-order valence-corrected chi connectivity index (χ3v) is 20.2. The maximum absolute atomic E-state index is 7.20. The van der Waals surface area contributed by atoms with Crippen LogP contribution in [0.1, 0.15) is 151 Å². The first-order valence-electron chi connectivity index (χ1n) is 28.4. The molecule has 9 aromatic carbocycles. The second kappa shape index (κ2) is 15.2. The molecule has 78 heavy (non-hydrogen) atoms. The summed E-state index contributed by atoms with van der Waals surface area (Å²) in [7, 11) is 0. The van der Waals surface area contributed by atoms with Crippen LogP contribution >= 0.6 is 0 Å². The largest absolute Gasteiger partial charge is 0.484 e. The molecule has 2 heteroatoms. The highest BCUT2D eigenvalue weighted by Gasteiger charge is 2.58. The summed E-state index contributed by atoms with van der Waals surface area (Å²) in [6.07, 6.45) is -0.0928. The van der Waals surface area contributed by atoms with Crippen LogP contribution in [0.25, 0.3) is 66.5 Å². The van der Waals surface area contributed by atoms with E-state index in [1.807, 2.05) is 0 Å². The number of para-hydroxylation sites is 2. The molecule has 3 unspecified atom stereocenters. The summed E-state index contributed by atoms with van der Waals surface area (Å²) in [5.74, 6) is 1.06. The summed E-state index contributed by atoms with van der Waals surface area (Å²) in [5, 5.41) is 2.39. The molecule has 2 nitrogen and oxygen atoms in total. The van der Waals surface area contributed by atoms with Crippen LogP contribution in [0.2, 0.25) is 0 Å². The highest BCUT2D eigenvalue weighted by Crippen LogP contribution is 2.68. The lowest BCUT2D eigenvalue weighted by molar-refractivity contribution is 0.251. The van der Waals surface area contributed by atoms with E-state index in [1.54, 1.807) is 0 Å². The topological polar surface area (TPSA) is 22.4 Å². The summed E-state index contributed by atoms with van der Waals surface area (Å²) in [5.41, 5.74) is 34.6. The van der Waals surface area contributed by atoms with Crippen LogP contribution in [-0.4, -0.2) is 6.10 Å². The minimum absolute atomic E-state index is 0.0721. The molecule has 1 aliphatic heterocycles. The summed E-state index contributed by atoms with van der Waals surface area (Å²) < 4.78 is 14.2. The molecule has 1 aromatic heterocycles. The van der Waals surface area contributed by atoms with Gasteiger partial charge >= 0.3 is 0 Å². The van der Waals surface area contributed by atoms with E-state index in [2.05, 4.69) is 246 Å². The summed E-state index contributed by atoms with van der Waals surface area (Å²) in [4.78, 5) is 0. The molecular formula is C76H64O2. The van der Waals surface area contributed by atoms with Crippen molar-refractivity contribution in [3.8, 4) is 39.1 Å². The normalized spacial score (nSPS) is 19.8. The van der Waals surface area contributed by atoms with Crippen LogP contribution in [-0.2, 0) is 21.7 Å². The van der Waals surface area contributed by atoms with Crippen LogP contribution in [0, 0.1) is 20.8 Å². The molecule has 2 heterocycles. The van der Waals surface area contributed by atoms with Crippen LogP contribution in [0.5, 0.6) is 5.75 Å². The molecule has 380 valence electrons. The molecule has 0 spiro atoms. The van der Waals surface area contributed by atoms with Crippen LogP contribution < -0.4 is 4.74 Å². The van der Waals surface area contributed by atoms with Gasteiger partial charge in [-0.05, 0) is 156 Å². The number of allylic oxidation sites excluding steroid dienone is 2. The van der Waals surface area contributed by atoms with Crippen LogP contribution in [0.4, 0.5) is 0 Å². The van der Waals surface area contributed by atoms with Crippen molar-refractivity contribution in [2.45, 2.75) is 116 Å². The number of hydrogen-bond donors (Lipinski definition) is 0. The van der Waals surface area contributed by atoms with Crippen molar-refractivity contribution in [2.75, 3.05) is 0 Å². The lowest BCUT2D eigenvalue weighted by Gasteiger charge is -2.38. The molecule has 5 aliphatic carbocycles. The fourth-order valence-corrected chi connectivity index (χ4v) is 16.9. The quantitative estimate of drug-likeness (QED) is 0.164. The van der Waals surface area contributed by atoms with E-state index >= 15 is 0 Å². The molecule has 0 amide bonds. The highest BCUT2D eigenvalue weighted by molar-refractivity contribution is 6.19. The monoisotopic (exact) mass is 1010 g/mol. The number of hydrogen-bond acceptors (Lipinski definition) is 2. The van der Waals surface area contributed by atoms with Gasteiger partial charge in [-0.15, -0.1) is 0 Å². The molecule has 0 saturated carbocycles. The van der Waals surface area contributed by atoms with Gasteiger partial charge in [-0.1, -0.05) is 213 Å². The second-order valence-electron chi connectivity index (χ2n) is 26.0. The van der Waals surface area contributed by atoms with Crippen molar-refractivity contribution < 1.29 is 9.15 Å². The Hall–Kier alpha value is -7.94. The number of rotatable bonds is 4. The van der Waals surface area contributed by atoms with Gasteiger partial charge in [0, 0.05) is 61.0 Å². The Morgan fingerprint density at radius 1 is 0.449 bits per heavy atom. The first-order valence-corrected chi connectivity index (χ1v) is 28.4. The van der Waals surface area contributed by atoms with Gasteiger partial charge < -0.3 is 9.15 Å². The summed E-state index contributed by atoms with van der Waals surface area (Å²) in [6, 6.07) is 65.4. The van der Waals surface area contributed by atoms with E-state index in [-0.39, 0.29) is 39.6 Å². The SMILES string of the molecule is Cc1cc(C)c(-c2cc3c(c4c2oc2ccccc24)-c2ccc(C(c4ccc5c(c4)C(C)(C)C4=C6C(c7ccccc7C6(C)C)C6Oc7ccccc7C6=C45)c4cccc5c4-c4ccccc4C5(C)C)cc2C3(C)C)c(C)c1. The van der Waals surface area contributed by atoms with E-state index in [0.717, 1.165) is 16.9 Å². The van der Waals surface area contributed by atoms with E-state index < -0.39 is 0 Å². The summed E-state index contributed by atoms with van der Waals surface area (Å²) in [6.45, 7) is 26.4. The Bertz CT molecular complexity index is 4430. The predicted molar refractivity (Wildman–Crippen MR) is 322 cm³/mol. The number of ether oxygens (including phenoxy) is 1. The Kier molecular flexibility index (Phi) is 9.00. The average molecular weight is 1010 g/mol. The molecular weight excluding hydrogens is 945 g/mol. The molecule has 6 aliphatic rings. The minimum atomic E-state index is -0.317. The molecule has 0 bridgehead atoms. The van der Waals surface area contributed by atoms with Crippen molar-refractivity contribution in [1.82, 2.24) is 0 Å². The molecule has 0 N–H and O–H groups in total. The van der Waals surface area contributed by atoms with Crippen LogP contribution in [0.15, 0.2) is 185 Å². The summed E-state index contributed by atoms with van der Waals surface area (Å²) >= 11 is 0. The third-order valence-electron chi connectivity index (χ3n) is 20.2. The fourth-order valence-electron chi connectivity index (χ4n) is 16.9.